The van der Waals surface area contributed by atoms with Crippen LogP contribution in [0.25, 0.3) is 0 Å². The van der Waals surface area contributed by atoms with E-state index in [4.69, 9.17) is 20.0 Å². The second-order valence-corrected chi connectivity index (χ2v) is 5.58. The van der Waals surface area contributed by atoms with Gasteiger partial charge < -0.3 is 0 Å². The zero-order valence-corrected chi connectivity index (χ0v) is 11.8. The molecule has 0 spiro atoms. The molecule has 17 heavy (non-hydrogen) atoms. The Kier molecular flexibility index (Phi) is 7.41. The number of terminal acetylenes is 1. The molecule has 0 bridgehead atoms. The quantitative estimate of drug-likeness (QED) is 0.290. The summed E-state index contributed by atoms with van der Waals surface area (Å²) in [5.74, 6) is 2.37. The molecular weight excluding hydrogens is 239 g/mol. The predicted octanol–water partition coefficient (Wildman–Crippen LogP) is 3.54. The average molecular weight is 260 g/mol. The van der Waals surface area contributed by atoms with Gasteiger partial charge in [-0.25, -0.2) is 4.57 Å². The van der Waals surface area contributed by atoms with Crippen LogP contribution in [0, 0.1) is 12.3 Å². The van der Waals surface area contributed by atoms with Crippen LogP contribution in [-0.4, -0.2) is 19.3 Å². The van der Waals surface area contributed by atoms with Crippen LogP contribution < -0.4 is 0 Å². The number of allylic oxidation sites excluding steroid dienone is 1. The summed E-state index contributed by atoms with van der Waals surface area (Å²) in [4.78, 5) is 0. The Morgan fingerprint density at radius 2 is 2.06 bits per heavy atom. The molecule has 0 aromatic carbocycles. The molecule has 1 atom stereocenters. The molecule has 0 saturated heterocycles. The molecule has 0 rings (SSSR count). The number of hydrogen-bond donors (Lipinski definition) is 0. The summed E-state index contributed by atoms with van der Waals surface area (Å²) >= 11 is 0. The molecule has 0 amide bonds. The van der Waals surface area contributed by atoms with Crippen molar-refractivity contribution in [3.63, 3.8) is 0 Å². The predicted molar refractivity (Wildman–Crippen MR) is 68.6 cm³/mol. The van der Waals surface area contributed by atoms with Crippen molar-refractivity contribution in [3.8, 4) is 12.3 Å². The molecule has 0 N–H and O–H groups in total. The molecule has 0 heterocycles. The van der Waals surface area contributed by atoms with E-state index in [1.807, 2.05) is 19.1 Å². The number of hydrogen-bond acceptors (Lipinski definition) is 4. The van der Waals surface area contributed by atoms with E-state index in [0.29, 0.717) is 6.42 Å². The first-order valence-electron chi connectivity index (χ1n) is 5.53. The SMILES string of the molecule is C#CC(C)(C)OP(=O)(OC)OCCC=CCC. The van der Waals surface area contributed by atoms with Crippen LogP contribution in [0.1, 0.15) is 33.6 Å². The van der Waals surface area contributed by atoms with E-state index < -0.39 is 13.4 Å². The maximum Gasteiger partial charge on any atom is 0.475 e. The van der Waals surface area contributed by atoms with Gasteiger partial charge in [0.05, 0.1) is 6.61 Å². The molecule has 4 nitrogen and oxygen atoms in total. The Morgan fingerprint density at radius 3 is 2.53 bits per heavy atom. The highest BCUT2D eigenvalue weighted by atomic mass is 31.2. The van der Waals surface area contributed by atoms with E-state index in [-0.39, 0.29) is 6.61 Å². The van der Waals surface area contributed by atoms with Crippen molar-refractivity contribution in [2.75, 3.05) is 13.7 Å². The molecule has 0 saturated carbocycles. The van der Waals surface area contributed by atoms with E-state index in [1.54, 1.807) is 13.8 Å². The monoisotopic (exact) mass is 260 g/mol. The van der Waals surface area contributed by atoms with Gasteiger partial charge in [0.2, 0.25) is 0 Å². The van der Waals surface area contributed by atoms with Crippen LogP contribution in [0.3, 0.4) is 0 Å². The van der Waals surface area contributed by atoms with E-state index >= 15 is 0 Å². The van der Waals surface area contributed by atoms with Crippen molar-refractivity contribution in [2.24, 2.45) is 0 Å². The summed E-state index contributed by atoms with van der Waals surface area (Å²) < 4.78 is 27.1. The maximum absolute atomic E-state index is 12.0. The molecule has 0 aliphatic carbocycles. The van der Waals surface area contributed by atoms with Crippen molar-refractivity contribution >= 4 is 7.82 Å². The number of phosphoric ester groups is 1. The van der Waals surface area contributed by atoms with Gasteiger partial charge in [-0.05, 0) is 26.7 Å². The first kappa shape index (κ1) is 16.4. The number of phosphoric acid groups is 1. The van der Waals surface area contributed by atoms with Crippen LogP contribution >= 0.6 is 7.82 Å². The third kappa shape index (κ3) is 7.36. The molecule has 0 radical (unpaired) electrons. The molecule has 0 aromatic rings. The zero-order chi connectivity index (χ0) is 13.4. The second kappa shape index (κ2) is 7.68. The fraction of sp³-hybridized carbons (Fsp3) is 0.667. The van der Waals surface area contributed by atoms with Crippen LogP contribution in [0.5, 0.6) is 0 Å². The minimum Gasteiger partial charge on any atom is -0.290 e. The highest BCUT2D eigenvalue weighted by Crippen LogP contribution is 2.51. The molecule has 0 aromatic heterocycles. The highest BCUT2D eigenvalue weighted by molar-refractivity contribution is 7.48. The summed E-state index contributed by atoms with van der Waals surface area (Å²) in [5.41, 5.74) is -0.981. The third-order valence-electron chi connectivity index (χ3n) is 1.85. The summed E-state index contributed by atoms with van der Waals surface area (Å²) in [6.45, 7) is 5.55. The third-order valence-corrected chi connectivity index (χ3v) is 3.47. The van der Waals surface area contributed by atoms with Crippen LogP contribution in [0.15, 0.2) is 12.2 Å². The van der Waals surface area contributed by atoms with Crippen molar-refractivity contribution in [1.29, 1.82) is 0 Å². The number of rotatable bonds is 8. The van der Waals surface area contributed by atoms with E-state index in [1.165, 1.54) is 7.11 Å². The fourth-order valence-electron chi connectivity index (χ4n) is 0.939. The van der Waals surface area contributed by atoms with Gasteiger partial charge in [0.1, 0.15) is 5.60 Å². The van der Waals surface area contributed by atoms with Crippen LogP contribution in [0.2, 0.25) is 0 Å². The molecule has 1 unspecified atom stereocenters. The second-order valence-electron chi connectivity index (χ2n) is 3.88. The molecular formula is C12H21O4P. The lowest BCUT2D eigenvalue weighted by Gasteiger charge is -2.24. The molecule has 0 fully saturated rings. The lowest BCUT2D eigenvalue weighted by molar-refractivity contribution is 0.0752. The topological polar surface area (TPSA) is 44.8 Å². The molecule has 5 heteroatoms. The van der Waals surface area contributed by atoms with Crippen LogP contribution in [0.4, 0.5) is 0 Å². The van der Waals surface area contributed by atoms with E-state index in [0.717, 1.165) is 6.42 Å². The average Bonchev–Trinajstić information content (AvgIpc) is 2.28. The van der Waals surface area contributed by atoms with E-state index in [9.17, 15) is 4.57 Å². The summed E-state index contributed by atoms with van der Waals surface area (Å²) in [5, 5.41) is 0. The largest absolute Gasteiger partial charge is 0.475 e. The smallest absolute Gasteiger partial charge is 0.290 e. The van der Waals surface area contributed by atoms with Gasteiger partial charge in [-0.15, -0.1) is 6.42 Å². The zero-order valence-electron chi connectivity index (χ0n) is 10.9. The highest BCUT2D eigenvalue weighted by Gasteiger charge is 2.32. The van der Waals surface area contributed by atoms with Gasteiger partial charge >= 0.3 is 7.82 Å². The lowest BCUT2D eigenvalue weighted by atomic mass is 10.2. The minimum absolute atomic E-state index is 0.266. The summed E-state index contributed by atoms with van der Waals surface area (Å²) in [6, 6.07) is 0. The first-order valence-corrected chi connectivity index (χ1v) is 6.99. The summed E-state index contributed by atoms with van der Waals surface area (Å²) in [7, 11) is -2.29. The van der Waals surface area contributed by atoms with Gasteiger partial charge in [-0.1, -0.05) is 25.0 Å². The van der Waals surface area contributed by atoms with Gasteiger partial charge in [-0.2, -0.15) is 0 Å². The Balaban J connectivity index is 4.26. The van der Waals surface area contributed by atoms with Crippen LogP contribution in [-0.2, 0) is 18.1 Å². The van der Waals surface area contributed by atoms with E-state index in [2.05, 4.69) is 5.92 Å². The molecule has 0 aliphatic rings. The fourth-order valence-corrected chi connectivity index (χ4v) is 2.11. The van der Waals surface area contributed by atoms with Gasteiger partial charge in [-0.3, -0.25) is 13.6 Å². The summed E-state index contributed by atoms with van der Waals surface area (Å²) in [6.07, 6.45) is 10.8. The standard InChI is InChI=1S/C12H21O4P/c1-6-8-9-10-11-15-17(13,14-5)16-12(3,4)7-2/h2,8-9H,6,10-11H2,1,3-5H3. The first-order chi connectivity index (χ1) is 7.89. The minimum atomic E-state index is -3.56. The Hall–Kier alpha value is -0.590. The Morgan fingerprint density at radius 1 is 1.41 bits per heavy atom. The van der Waals surface area contributed by atoms with Crippen molar-refractivity contribution in [2.45, 2.75) is 39.2 Å². The van der Waals surface area contributed by atoms with Crippen molar-refractivity contribution in [3.05, 3.63) is 12.2 Å². The molecule has 98 valence electrons. The Labute approximate surface area is 104 Å². The maximum atomic E-state index is 12.0. The van der Waals surface area contributed by atoms with Gasteiger partial charge in [0.25, 0.3) is 0 Å². The normalized spacial score (nSPS) is 15.7. The Bertz CT molecular complexity index is 328. The lowest BCUT2D eigenvalue weighted by Crippen LogP contribution is -2.21. The van der Waals surface area contributed by atoms with Gasteiger partial charge in [0.15, 0.2) is 0 Å². The van der Waals surface area contributed by atoms with Gasteiger partial charge in [0, 0.05) is 7.11 Å². The molecule has 0 aliphatic heterocycles. The van der Waals surface area contributed by atoms with Crippen molar-refractivity contribution < 1.29 is 18.1 Å². The van der Waals surface area contributed by atoms with Crippen molar-refractivity contribution in [1.82, 2.24) is 0 Å².